The Kier molecular flexibility index (Phi) is 5.81. The average Bonchev–Trinajstić information content (AvgIpc) is 2.62. The van der Waals surface area contributed by atoms with Crippen molar-refractivity contribution in [1.29, 1.82) is 0 Å². The van der Waals surface area contributed by atoms with E-state index < -0.39 is 0 Å². The van der Waals surface area contributed by atoms with Crippen molar-refractivity contribution in [3.05, 3.63) is 42.4 Å². The van der Waals surface area contributed by atoms with E-state index in [2.05, 4.69) is 40.1 Å². The van der Waals surface area contributed by atoms with Crippen molar-refractivity contribution < 1.29 is 5.11 Å². The predicted molar refractivity (Wildman–Crippen MR) is 99.5 cm³/mol. The minimum atomic E-state index is -0.184. The Bertz CT molecular complexity index is 656. The van der Waals surface area contributed by atoms with E-state index in [-0.39, 0.29) is 12.1 Å². The Labute approximate surface area is 149 Å². The maximum absolute atomic E-state index is 9.68. The van der Waals surface area contributed by atoms with Crippen LogP contribution in [-0.2, 0) is 0 Å². The van der Waals surface area contributed by atoms with E-state index in [1.165, 1.54) is 0 Å². The number of aliphatic hydroxyl groups excluding tert-OH is 1. The highest BCUT2D eigenvalue weighted by molar-refractivity contribution is 5.44. The highest BCUT2D eigenvalue weighted by atomic mass is 16.3. The van der Waals surface area contributed by atoms with Gasteiger partial charge in [-0.2, -0.15) is 4.98 Å². The summed E-state index contributed by atoms with van der Waals surface area (Å²) in [5, 5.41) is 13.2. The minimum absolute atomic E-state index is 0.132. The second-order valence-corrected chi connectivity index (χ2v) is 7.07. The summed E-state index contributed by atoms with van der Waals surface area (Å²) in [6.07, 6.45) is 7.86. The number of aliphatic hydroxyl groups is 1. The average molecular weight is 341 g/mol. The molecule has 6 heteroatoms. The number of aromatic nitrogens is 3. The fourth-order valence-electron chi connectivity index (χ4n) is 3.18. The third-order valence-electron chi connectivity index (χ3n) is 4.53. The van der Waals surface area contributed by atoms with E-state index in [1.54, 1.807) is 12.4 Å². The molecule has 0 aliphatic carbocycles. The SMILES string of the molecule is CC(C)CC(Nc1nccc(N2CCC(O)CC2)n1)c1cccnc1. The van der Waals surface area contributed by atoms with Gasteiger partial charge in [0, 0.05) is 31.7 Å². The van der Waals surface area contributed by atoms with E-state index in [1.807, 2.05) is 18.3 Å². The summed E-state index contributed by atoms with van der Waals surface area (Å²) in [7, 11) is 0. The van der Waals surface area contributed by atoms with Gasteiger partial charge in [0.15, 0.2) is 0 Å². The highest BCUT2D eigenvalue weighted by Crippen LogP contribution is 2.25. The maximum atomic E-state index is 9.68. The van der Waals surface area contributed by atoms with Crippen LogP contribution < -0.4 is 10.2 Å². The Balaban J connectivity index is 1.75. The molecule has 1 aliphatic rings. The molecule has 2 aromatic heterocycles. The molecule has 0 amide bonds. The predicted octanol–water partition coefficient (Wildman–Crippen LogP) is 3.03. The van der Waals surface area contributed by atoms with Gasteiger partial charge in [-0.05, 0) is 42.9 Å². The van der Waals surface area contributed by atoms with Crippen LogP contribution in [0.15, 0.2) is 36.8 Å². The Morgan fingerprint density at radius 1 is 1.24 bits per heavy atom. The number of hydrogen-bond acceptors (Lipinski definition) is 6. The summed E-state index contributed by atoms with van der Waals surface area (Å²) in [5.74, 6) is 2.10. The summed E-state index contributed by atoms with van der Waals surface area (Å²) in [5.41, 5.74) is 1.14. The van der Waals surface area contributed by atoms with Gasteiger partial charge < -0.3 is 15.3 Å². The van der Waals surface area contributed by atoms with Crippen LogP contribution in [0.5, 0.6) is 0 Å². The van der Waals surface area contributed by atoms with Crippen molar-refractivity contribution in [2.24, 2.45) is 5.92 Å². The van der Waals surface area contributed by atoms with Crippen LogP contribution in [0.2, 0.25) is 0 Å². The zero-order chi connectivity index (χ0) is 17.6. The summed E-state index contributed by atoms with van der Waals surface area (Å²) >= 11 is 0. The van der Waals surface area contributed by atoms with Crippen LogP contribution in [0, 0.1) is 5.92 Å². The lowest BCUT2D eigenvalue weighted by molar-refractivity contribution is 0.145. The lowest BCUT2D eigenvalue weighted by Crippen LogP contribution is -2.36. The molecule has 2 aromatic rings. The monoisotopic (exact) mass is 341 g/mol. The fourth-order valence-corrected chi connectivity index (χ4v) is 3.18. The Morgan fingerprint density at radius 2 is 2.04 bits per heavy atom. The van der Waals surface area contributed by atoms with Crippen LogP contribution in [-0.4, -0.2) is 39.3 Å². The molecular weight excluding hydrogens is 314 g/mol. The van der Waals surface area contributed by atoms with Crippen molar-refractivity contribution in [2.45, 2.75) is 45.3 Å². The molecule has 25 heavy (non-hydrogen) atoms. The zero-order valence-electron chi connectivity index (χ0n) is 15.0. The van der Waals surface area contributed by atoms with Crippen molar-refractivity contribution in [2.75, 3.05) is 23.3 Å². The first-order valence-electron chi connectivity index (χ1n) is 9.04. The van der Waals surface area contributed by atoms with Gasteiger partial charge in [-0.15, -0.1) is 0 Å². The first-order valence-corrected chi connectivity index (χ1v) is 9.04. The van der Waals surface area contributed by atoms with Gasteiger partial charge in [0.1, 0.15) is 5.82 Å². The molecule has 3 heterocycles. The number of nitrogens with zero attached hydrogens (tertiary/aromatic N) is 4. The molecule has 0 spiro atoms. The summed E-state index contributed by atoms with van der Waals surface area (Å²) in [4.78, 5) is 15.5. The van der Waals surface area contributed by atoms with E-state index in [0.29, 0.717) is 11.9 Å². The van der Waals surface area contributed by atoms with Gasteiger partial charge in [0.05, 0.1) is 12.1 Å². The highest BCUT2D eigenvalue weighted by Gasteiger charge is 2.19. The molecule has 0 bridgehead atoms. The van der Waals surface area contributed by atoms with Gasteiger partial charge in [0.2, 0.25) is 5.95 Å². The van der Waals surface area contributed by atoms with Gasteiger partial charge >= 0.3 is 0 Å². The topological polar surface area (TPSA) is 74.2 Å². The van der Waals surface area contributed by atoms with E-state index in [0.717, 1.165) is 43.7 Å². The van der Waals surface area contributed by atoms with Gasteiger partial charge in [-0.25, -0.2) is 4.98 Å². The molecular formula is C19H27N5O. The fraction of sp³-hybridized carbons (Fsp3) is 0.526. The molecule has 0 radical (unpaired) electrons. The second-order valence-electron chi connectivity index (χ2n) is 7.07. The van der Waals surface area contributed by atoms with Crippen LogP contribution in [0.4, 0.5) is 11.8 Å². The van der Waals surface area contributed by atoms with Crippen molar-refractivity contribution in [3.8, 4) is 0 Å². The molecule has 6 nitrogen and oxygen atoms in total. The number of nitrogens with one attached hydrogen (secondary N) is 1. The molecule has 1 unspecified atom stereocenters. The smallest absolute Gasteiger partial charge is 0.225 e. The number of pyridine rings is 1. The first-order chi connectivity index (χ1) is 12.1. The normalized spacial score (nSPS) is 16.9. The van der Waals surface area contributed by atoms with E-state index in [4.69, 9.17) is 4.98 Å². The molecule has 1 saturated heterocycles. The Hall–Kier alpha value is -2.21. The standard InChI is InChI=1S/C19H27N5O/c1-14(2)12-17(15-4-3-8-20-13-15)22-19-21-9-5-18(23-19)24-10-6-16(25)7-11-24/h3-5,8-9,13-14,16-17,25H,6-7,10-12H2,1-2H3,(H,21,22,23). The molecule has 134 valence electrons. The van der Waals surface area contributed by atoms with Crippen molar-refractivity contribution in [1.82, 2.24) is 15.0 Å². The molecule has 0 saturated carbocycles. The Morgan fingerprint density at radius 3 is 2.72 bits per heavy atom. The zero-order valence-corrected chi connectivity index (χ0v) is 15.0. The third-order valence-corrected chi connectivity index (χ3v) is 4.53. The van der Waals surface area contributed by atoms with Crippen LogP contribution >= 0.6 is 0 Å². The molecule has 1 atom stereocenters. The number of anilines is 2. The maximum Gasteiger partial charge on any atom is 0.225 e. The van der Waals surface area contributed by atoms with Crippen LogP contribution in [0.1, 0.15) is 44.7 Å². The van der Waals surface area contributed by atoms with Gasteiger partial charge in [-0.1, -0.05) is 19.9 Å². The summed E-state index contributed by atoms with van der Waals surface area (Å²) in [6.45, 7) is 6.08. The summed E-state index contributed by atoms with van der Waals surface area (Å²) in [6, 6.07) is 6.11. The van der Waals surface area contributed by atoms with Crippen LogP contribution in [0.25, 0.3) is 0 Å². The lowest BCUT2D eigenvalue weighted by atomic mass is 9.98. The largest absolute Gasteiger partial charge is 0.393 e. The lowest BCUT2D eigenvalue weighted by Gasteiger charge is -2.30. The first kappa shape index (κ1) is 17.6. The van der Waals surface area contributed by atoms with Crippen molar-refractivity contribution in [3.63, 3.8) is 0 Å². The van der Waals surface area contributed by atoms with Crippen LogP contribution in [0.3, 0.4) is 0 Å². The van der Waals surface area contributed by atoms with Gasteiger partial charge in [0.25, 0.3) is 0 Å². The van der Waals surface area contributed by atoms with Gasteiger partial charge in [-0.3, -0.25) is 4.98 Å². The van der Waals surface area contributed by atoms with Crippen molar-refractivity contribution >= 4 is 11.8 Å². The van der Waals surface area contributed by atoms with E-state index >= 15 is 0 Å². The minimum Gasteiger partial charge on any atom is -0.393 e. The number of piperidine rings is 1. The molecule has 3 rings (SSSR count). The molecule has 2 N–H and O–H groups in total. The number of hydrogen-bond donors (Lipinski definition) is 2. The quantitative estimate of drug-likeness (QED) is 0.841. The third kappa shape index (κ3) is 4.89. The molecule has 1 fully saturated rings. The van der Waals surface area contributed by atoms with E-state index in [9.17, 15) is 5.11 Å². The molecule has 0 aromatic carbocycles. The molecule has 1 aliphatic heterocycles. The second kappa shape index (κ2) is 8.25. The summed E-state index contributed by atoms with van der Waals surface area (Å²) < 4.78 is 0. The number of rotatable bonds is 6.